The molecule has 1 fully saturated rings. The van der Waals surface area contributed by atoms with Gasteiger partial charge >= 0.3 is 0 Å². The highest BCUT2D eigenvalue weighted by Crippen LogP contribution is 2.30. The molecule has 2 amide bonds. The third kappa shape index (κ3) is 4.99. The van der Waals surface area contributed by atoms with Crippen molar-refractivity contribution in [1.29, 1.82) is 0 Å². The predicted octanol–water partition coefficient (Wildman–Crippen LogP) is 5.64. The van der Waals surface area contributed by atoms with Crippen LogP contribution in [-0.4, -0.2) is 22.8 Å². The van der Waals surface area contributed by atoms with E-state index in [0.717, 1.165) is 36.1 Å². The van der Waals surface area contributed by atoms with Gasteiger partial charge in [-0.1, -0.05) is 61.7 Å². The largest absolute Gasteiger partial charge is 0.351 e. The summed E-state index contributed by atoms with van der Waals surface area (Å²) in [5.41, 5.74) is 1.01. The summed E-state index contributed by atoms with van der Waals surface area (Å²) in [4.78, 5) is 30.3. The second kappa shape index (κ2) is 10.0. The number of amides is 2. The van der Waals surface area contributed by atoms with E-state index in [1.165, 1.54) is 29.1 Å². The van der Waals surface area contributed by atoms with Gasteiger partial charge in [0.1, 0.15) is 6.04 Å². The fourth-order valence-electron chi connectivity index (χ4n) is 4.00. The molecule has 6 heteroatoms. The lowest BCUT2D eigenvalue weighted by molar-refractivity contribution is -0.127. The van der Waals surface area contributed by atoms with E-state index in [9.17, 15) is 9.59 Å². The van der Waals surface area contributed by atoms with Crippen LogP contribution in [0.5, 0.6) is 0 Å². The minimum atomic E-state index is -0.637. The lowest BCUT2D eigenvalue weighted by Gasteiger charge is -2.32. The van der Waals surface area contributed by atoms with E-state index < -0.39 is 6.04 Å². The van der Waals surface area contributed by atoms with Crippen LogP contribution in [0.25, 0.3) is 0 Å². The van der Waals surface area contributed by atoms with Crippen molar-refractivity contribution in [2.75, 3.05) is 0 Å². The normalized spacial score (nSPS) is 15.5. The van der Waals surface area contributed by atoms with Gasteiger partial charge in [0.2, 0.25) is 5.91 Å². The lowest BCUT2D eigenvalue weighted by Crippen LogP contribution is -2.46. The predicted molar refractivity (Wildman–Crippen MR) is 123 cm³/mol. The minimum Gasteiger partial charge on any atom is -0.351 e. The third-order valence-corrected chi connectivity index (χ3v) is 7.30. The van der Waals surface area contributed by atoms with Gasteiger partial charge in [-0.15, -0.1) is 22.7 Å². The van der Waals surface area contributed by atoms with Crippen molar-refractivity contribution in [3.05, 3.63) is 80.7 Å². The van der Waals surface area contributed by atoms with E-state index in [0.29, 0.717) is 11.4 Å². The highest BCUT2D eigenvalue weighted by molar-refractivity contribution is 7.12. The third-order valence-electron chi connectivity index (χ3n) is 5.51. The molecule has 3 aromatic rings. The zero-order chi connectivity index (χ0) is 20.8. The van der Waals surface area contributed by atoms with E-state index in [-0.39, 0.29) is 17.9 Å². The Bertz CT molecular complexity index is 933. The van der Waals surface area contributed by atoms with Crippen LogP contribution in [-0.2, 0) is 11.3 Å². The fraction of sp³-hybridized carbons (Fsp3) is 0.333. The molecule has 2 aromatic heterocycles. The average Bonchev–Trinajstić information content (AvgIpc) is 3.49. The van der Waals surface area contributed by atoms with Gasteiger partial charge in [0.25, 0.3) is 5.91 Å². The van der Waals surface area contributed by atoms with E-state index in [1.54, 1.807) is 4.90 Å². The molecular weight excluding hydrogens is 412 g/mol. The first-order valence-corrected chi connectivity index (χ1v) is 12.2. The van der Waals surface area contributed by atoms with Crippen LogP contribution in [0.1, 0.15) is 58.3 Å². The number of hydrogen-bond donors (Lipinski definition) is 1. The number of thiophene rings is 2. The molecule has 1 aliphatic rings. The van der Waals surface area contributed by atoms with E-state index >= 15 is 0 Å². The van der Waals surface area contributed by atoms with Gasteiger partial charge in [-0.05, 0) is 41.3 Å². The van der Waals surface area contributed by atoms with Crippen LogP contribution < -0.4 is 5.32 Å². The molecule has 0 spiro atoms. The summed E-state index contributed by atoms with van der Waals surface area (Å²) in [6, 6.07) is 17.0. The van der Waals surface area contributed by atoms with Gasteiger partial charge in [-0.25, -0.2) is 0 Å². The Morgan fingerprint density at radius 1 is 0.933 bits per heavy atom. The number of carbonyl (C=O) groups excluding carboxylic acids is 2. The number of hydrogen-bond acceptors (Lipinski definition) is 4. The first-order valence-electron chi connectivity index (χ1n) is 10.4. The number of carbonyl (C=O) groups is 2. The van der Waals surface area contributed by atoms with Crippen LogP contribution in [0.15, 0.2) is 65.4 Å². The molecule has 2 heterocycles. The molecule has 1 saturated carbocycles. The number of nitrogens with zero attached hydrogens (tertiary/aromatic N) is 1. The fourth-order valence-corrected chi connectivity index (χ4v) is 5.51. The molecule has 156 valence electrons. The summed E-state index contributed by atoms with van der Waals surface area (Å²) >= 11 is 2.94. The van der Waals surface area contributed by atoms with Crippen LogP contribution in [0, 0.1) is 0 Å². The maximum absolute atomic E-state index is 13.5. The Labute approximate surface area is 185 Å². The first-order chi connectivity index (χ1) is 14.7. The highest BCUT2D eigenvalue weighted by atomic mass is 32.1. The Hall–Kier alpha value is -2.44. The first kappa shape index (κ1) is 20.8. The van der Waals surface area contributed by atoms with Crippen LogP contribution in [0.3, 0.4) is 0 Å². The van der Waals surface area contributed by atoms with E-state index in [4.69, 9.17) is 0 Å². The van der Waals surface area contributed by atoms with Crippen molar-refractivity contribution in [2.45, 2.75) is 50.7 Å². The summed E-state index contributed by atoms with van der Waals surface area (Å²) in [6.07, 6.45) is 5.56. The van der Waals surface area contributed by atoms with Gasteiger partial charge in [0, 0.05) is 17.5 Å². The van der Waals surface area contributed by atoms with Crippen LogP contribution in [0.2, 0.25) is 0 Å². The molecule has 1 N–H and O–H groups in total. The second-order valence-corrected chi connectivity index (χ2v) is 9.58. The van der Waals surface area contributed by atoms with Gasteiger partial charge < -0.3 is 10.2 Å². The van der Waals surface area contributed by atoms with Gasteiger partial charge in [0.15, 0.2) is 0 Å². The zero-order valence-corrected chi connectivity index (χ0v) is 18.5. The molecule has 4 nitrogen and oxygen atoms in total. The van der Waals surface area contributed by atoms with Crippen LogP contribution in [0.4, 0.5) is 0 Å². The van der Waals surface area contributed by atoms with E-state index in [1.807, 2.05) is 65.4 Å². The molecule has 0 aliphatic heterocycles. The van der Waals surface area contributed by atoms with Crippen molar-refractivity contribution in [2.24, 2.45) is 0 Å². The molecule has 0 saturated heterocycles. The Balaban J connectivity index is 1.66. The SMILES string of the molecule is O=C(NC1CCCCC1)C(c1cccs1)N(Cc1ccccc1)C(=O)c1cccs1. The molecule has 30 heavy (non-hydrogen) atoms. The van der Waals surface area contributed by atoms with Crippen molar-refractivity contribution < 1.29 is 9.59 Å². The maximum atomic E-state index is 13.5. The standard InChI is InChI=1S/C24H26N2O2S2/c27-23(25-19-11-5-2-6-12-19)22(20-13-7-15-29-20)26(17-18-9-3-1-4-10-18)24(28)21-14-8-16-30-21/h1,3-4,7-10,13-16,19,22H,2,5-6,11-12,17H2,(H,25,27). The summed E-state index contributed by atoms with van der Waals surface area (Å²) in [6.45, 7) is 0.387. The molecular formula is C24H26N2O2S2. The monoisotopic (exact) mass is 438 g/mol. The Morgan fingerprint density at radius 3 is 2.33 bits per heavy atom. The second-order valence-electron chi connectivity index (χ2n) is 7.66. The molecule has 1 aromatic carbocycles. The van der Waals surface area contributed by atoms with Gasteiger partial charge in [-0.2, -0.15) is 0 Å². The molecule has 0 radical (unpaired) electrons. The number of rotatable bonds is 7. The Morgan fingerprint density at radius 2 is 1.67 bits per heavy atom. The molecule has 1 unspecified atom stereocenters. The highest BCUT2D eigenvalue weighted by Gasteiger charge is 2.34. The molecule has 4 rings (SSSR count). The van der Waals surface area contributed by atoms with Crippen molar-refractivity contribution in [3.63, 3.8) is 0 Å². The minimum absolute atomic E-state index is 0.0785. The molecule has 0 bridgehead atoms. The summed E-state index contributed by atoms with van der Waals surface area (Å²) < 4.78 is 0. The smallest absolute Gasteiger partial charge is 0.265 e. The van der Waals surface area contributed by atoms with Crippen molar-refractivity contribution >= 4 is 34.5 Å². The quantitative estimate of drug-likeness (QED) is 0.519. The summed E-state index contributed by atoms with van der Waals surface area (Å²) in [7, 11) is 0. The van der Waals surface area contributed by atoms with Gasteiger partial charge in [-0.3, -0.25) is 9.59 Å². The van der Waals surface area contributed by atoms with Crippen molar-refractivity contribution in [3.8, 4) is 0 Å². The maximum Gasteiger partial charge on any atom is 0.265 e. The molecule has 1 atom stereocenters. The number of nitrogens with one attached hydrogen (secondary N) is 1. The zero-order valence-electron chi connectivity index (χ0n) is 16.8. The lowest BCUT2D eigenvalue weighted by atomic mass is 9.95. The number of benzene rings is 1. The van der Waals surface area contributed by atoms with Crippen molar-refractivity contribution in [1.82, 2.24) is 10.2 Å². The molecule has 1 aliphatic carbocycles. The van der Waals surface area contributed by atoms with Crippen LogP contribution >= 0.6 is 22.7 Å². The van der Waals surface area contributed by atoms with E-state index in [2.05, 4.69) is 5.32 Å². The average molecular weight is 439 g/mol. The van der Waals surface area contributed by atoms with Gasteiger partial charge in [0.05, 0.1) is 4.88 Å². The summed E-state index contributed by atoms with van der Waals surface area (Å²) in [5, 5.41) is 7.11. The topological polar surface area (TPSA) is 49.4 Å². The summed E-state index contributed by atoms with van der Waals surface area (Å²) in [5.74, 6) is -0.184. The Kier molecular flexibility index (Phi) is 6.97.